The van der Waals surface area contributed by atoms with Gasteiger partial charge < -0.3 is 15.4 Å². The number of ether oxygens (including phenoxy) is 1. The molecule has 0 fully saturated rings. The second-order valence-corrected chi connectivity index (χ2v) is 5.18. The van der Waals surface area contributed by atoms with Gasteiger partial charge >= 0.3 is 0 Å². The summed E-state index contributed by atoms with van der Waals surface area (Å²) < 4.78 is 5.40. The minimum absolute atomic E-state index is 0.00626. The van der Waals surface area contributed by atoms with Crippen molar-refractivity contribution >= 4 is 5.91 Å². The molecule has 2 atom stereocenters. The zero-order valence-corrected chi connectivity index (χ0v) is 12.9. The molecule has 4 nitrogen and oxygen atoms in total. The van der Waals surface area contributed by atoms with E-state index in [0.29, 0.717) is 13.2 Å². The summed E-state index contributed by atoms with van der Waals surface area (Å²) in [6.45, 7) is 7.23. The number of nitrogens with two attached hydrogens (primary N) is 1. The van der Waals surface area contributed by atoms with Crippen LogP contribution in [0, 0.1) is 5.92 Å². The van der Waals surface area contributed by atoms with Crippen LogP contribution < -0.4 is 10.5 Å². The smallest absolute Gasteiger partial charge is 0.239 e. The van der Waals surface area contributed by atoms with E-state index in [1.807, 2.05) is 45.0 Å². The topological polar surface area (TPSA) is 55.6 Å². The van der Waals surface area contributed by atoms with Crippen LogP contribution in [-0.2, 0) is 11.3 Å². The summed E-state index contributed by atoms with van der Waals surface area (Å²) in [5, 5.41) is 0. The van der Waals surface area contributed by atoms with Gasteiger partial charge in [0.25, 0.3) is 0 Å². The Balaban J connectivity index is 2.61. The number of amides is 1. The molecule has 0 radical (unpaired) electrons. The van der Waals surface area contributed by atoms with Crippen LogP contribution in [-0.4, -0.2) is 30.5 Å². The van der Waals surface area contributed by atoms with Crippen LogP contribution in [0.5, 0.6) is 5.75 Å². The lowest BCUT2D eigenvalue weighted by molar-refractivity contribution is -0.132. The molecular weight excluding hydrogens is 252 g/mol. The lowest BCUT2D eigenvalue weighted by Crippen LogP contribution is -2.45. The SMILES string of the molecule is CCOc1ccc(CN(C)C(=O)[C@@H](N)C(C)CC)cc1. The molecule has 0 aliphatic heterocycles. The first kappa shape index (κ1) is 16.5. The van der Waals surface area contributed by atoms with Crippen molar-refractivity contribution in [3.63, 3.8) is 0 Å². The molecule has 1 aromatic carbocycles. The summed E-state index contributed by atoms with van der Waals surface area (Å²) in [5.41, 5.74) is 7.05. The second kappa shape index (κ2) is 7.90. The lowest BCUT2D eigenvalue weighted by Gasteiger charge is -2.24. The highest BCUT2D eigenvalue weighted by Gasteiger charge is 2.22. The molecule has 0 heterocycles. The quantitative estimate of drug-likeness (QED) is 0.833. The van der Waals surface area contributed by atoms with E-state index in [1.165, 1.54) is 0 Å². The van der Waals surface area contributed by atoms with E-state index in [0.717, 1.165) is 17.7 Å². The largest absolute Gasteiger partial charge is 0.494 e. The molecule has 0 saturated carbocycles. The van der Waals surface area contributed by atoms with Gasteiger partial charge in [0.05, 0.1) is 12.6 Å². The normalized spacial score (nSPS) is 13.7. The van der Waals surface area contributed by atoms with Gasteiger partial charge in [-0.2, -0.15) is 0 Å². The summed E-state index contributed by atoms with van der Waals surface area (Å²) in [6, 6.07) is 7.37. The Morgan fingerprint density at radius 2 is 1.90 bits per heavy atom. The van der Waals surface area contributed by atoms with Crippen LogP contribution >= 0.6 is 0 Å². The van der Waals surface area contributed by atoms with Gasteiger partial charge in [0, 0.05) is 13.6 Å². The highest BCUT2D eigenvalue weighted by Crippen LogP contribution is 2.14. The summed E-state index contributed by atoms with van der Waals surface area (Å²) in [4.78, 5) is 13.9. The number of benzene rings is 1. The Morgan fingerprint density at radius 1 is 1.30 bits per heavy atom. The van der Waals surface area contributed by atoms with E-state index in [4.69, 9.17) is 10.5 Å². The van der Waals surface area contributed by atoms with Crippen molar-refractivity contribution in [2.45, 2.75) is 39.8 Å². The van der Waals surface area contributed by atoms with Crippen molar-refractivity contribution in [1.29, 1.82) is 0 Å². The molecule has 4 heteroatoms. The third kappa shape index (κ3) is 4.53. The van der Waals surface area contributed by atoms with Gasteiger partial charge in [0.2, 0.25) is 5.91 Å². The first-order valence-corrected chi connectivity index (χ1v) is 7.21. The maximum Gasteiger partial charge on any atom is 0.239 e. The Labute approximate surface area is 121 Å². The molecule has 2 N–H and O–H groups in total. The number of carbonyl (C=O) groups is 1. The van der Waals surface area contributed by atoms with Crippen LogP contribution in [0.15, 0.2) is 24.3 Å². The molecule has 0 aliphatic rings. The fourth-order valence-electron chi connectivity index (χ4n) is 1.96. The van der Waals surface area contributed by atoms with Gasteiger partial charge in [-0.05, 0) is 30.5 Å². The summed E-state index contributed by atoms with van der Waals surface area (Å²) in [7, 11) is 1.79. The van der Waals surface area contributed by atoms with Crippen molar-refractivity contribution in [2.75, 3.05) is 13.7 Å². The molecular formula is C16H26N2O2. The zero-order valence-electron chi connectivity index (χ0n) is 12.9. The summed E-state index contributed by atoms with van der Waals surface area (Å²) in [6.07, 6.45) is 0.907. The molecule has 1 amide bonds. The fourth-order valence-corrected chi connectivity index (χ4v) is 1.96. The van der Waals surface area contributed by atoms with Gasteiger partial charge in [-0.3, -0.25) is 4.79 Å². The number of rotatable bonds is 7. The molecule has 1 aromatic rings. The minimum atomic E-state index is -0.423. The van der Waals surface area contributed by atoms with Crippen molar-refractivity contribution in [3.05, 3.63) is 29.8 Å². The number of hydrogen-bond donors (Lipinski definition) is 1. The standard InChI is InChI=1S/C16H26N2O2/c1-5-12(3)15(17)16(19)18(4)11-13-7-9-14(10-8-13)20-6-2/h7-10,12,15H,5-6,11,17H2,1-4H3/t12?,15-/m0/s1. The Morgan fingerprint density at radius 3 is 2.40 bits per heavy atom. The monoisotopic (exact) mass is 278 g/mol. The summed E-state index contributed by atoms with van der Waals surface area (Å²) in [5.74, 6) is 1.04. The predicted molar refractivity (Wildman–Crippen MR) is 81.5 cm³/mol. The van der Waals surface area contributed by atoms with Crippen molar-refractivity contribution in [1.82, 2.24) is 4.90 Å². The van der Waals surface area contributed by atoms with Gasteiger partial charge in [0.15, 0.2) is 0 Å². The van der Waals surface area contributed by atoms with Gasteiger partial charge in [-0.15, -0.1) is 0 Å². The van der Waals surface area contributed by atoms with Crippen molar-refractivity contribution < 1.29 is 9.53 Å². The van der Waals surface area contributed by atoms with E-state index in [-0.39, 0.29) is 11.8 Å². The molecule has 0 saturated heterocycles. The summed E-state index contributed by atoms with van der Waals surface area (Å²) >= 11 is 0. The van der Waals surface area contributed by atoms with E-state index in [2.05, 4.69) is 0 Å². The van der Waals surface area contributed by atoms with Gasteiger partial charge in [-0.1, -0.05) is 32.4 Å². The fraction of sp³-hybridized carbons (Fsp3) is 0.562. The lowest BCUT2D eigenvalue weighted by atomic mass is 9.99. The molecule has 0 aliphatic carbocycles. The molecule has 112 valence electrons. The second-order valence-electron chi connectivity index (χ2n) is 5.18. The first-order valence-electron chi connectivity index (χ1n) is 7.21. The minimum Gasteiger partial charge on any atom is -0.494 e. The predicted octanol–water partition coefficient (Wildman–Crippen LogP) is 2.42. The number of hydrogen-bond acceptors (Lipinski definition) is 3. The molecule has 20 heavy (non-hydrogen) atoms. The Bertz CT molecular complexity index is 417. The number of nitrogens with zero attached hydrogens (tertiary/aromatic N) is 1. The zero-order chi connectivity index (χ0) is 15.1. The Kier molecular flexibility index (Phi) is 6.52. The third-order valence-electron chi connectivity index (χ3n) is 3.57. The average Bonchev–Trinajstić information content (AvgIpc) is 2.47. The number of likely N-dealkylation sites (N-methyl/N-ethyl adjacent to an activating group) is 1. The van der Waals surface area contributed by atoms with Gasteiger partial charge in [-0.25, -0.2) is 0 Å². The van der Waals surface area contributed by atoms with Crippen LogP contribution in [0.25, 0.3) is 0 Å². The van der Waals surface area contributed by atoms with Crippen LogP contribution in [0.1, 0.15) is 32.8 Å². The van der Waals surface area contributed by atoms with Crippen LogP contribution in [0.4, 0.5) is 0 Å². The third-order valence-corrected chi connectivity index (χ3v) is 3.57. The van der Waals surface area contributed by atoms with Crippen LogP contribution in [0.3, 0.4) is 0 Å². The van der Waals surface area contributed by atoms with E-state index >= 15 is 0 Å². The molecule has 0 spiro atoms. The first-order chi connectivity index (χ1) is 9.49. The van der Waals surface area contributed by atoms with E-state index < -0.39 is 6.04 Å². The van der Waals surface area contributed by atoms with Crippen molar-refractivity contribution in [2.24, 2.45) is 11.7 Å². The molecule has 0 aromatic heterocycles. The maximum atomic E-state index is 12.2. The van der Waals surface area contributed by atoms with Gasteiger partial charge in [0.1, 0.15) is 5.75 Å². The maximum absolute atomic E-state index is 12.2. The molecule has 1 unspecified atom stereocenters. The Hall–Kier alpha value is -1.55. The highest BCUT2D eigenvalue weighted by molar-refractivity contribution is 5.81. The number of carbonyl (C=O) groups excluding carboxylic acids is 1. The van der Waals surface area contributed by atoms with E-state index in [9.17, 15) is 4.79 Å². The van der Waals surface area contributed by atoms with E-state index in [1.54, 1.807) is 11.9 Å². The average molecular weight is 278 g/mol. The molecule has 0 bridgehead atoms. The van der Waals surface area contributed by atoms with Crippen molar-refractivity contribution in [3.8, 4) is 5.75 Å². The molecule has 1 rings (SSSR count). The van der Waals surface area contributed by atoms with Crippen LogP contribution in [0.2, 0.25) is 0 Å². The highest BCUT2D eigenvalue weighted by atomic mass is 16.5.